The van der Waals surface area contributed by atoms with Crippen molar-refractivity contribution in [1.82, 2.24) is 5.32 Å². The molecular formula is C27H31NO4. The molecule has 4 bridgehead atoms. The van der Waals surface area contributed by atoms with E-state index in [1.54, 1.807) is 0 Å². The van der Waals surface area contributed by atoms with Crippen molar-refractivity contribution in [3.63, 3.8) is 0 Å². The number of aliphatic carboxylic acids is 1. The van der Waals surface area contributed by atoms with Crippen molar-refractivity contribution in [3.05, 3.63) is 65.7 Å². The van der Waals surface area contributed by atoms with Gasteiger partial charge in [-0.3, -0.25) is 9.59 Å². The third-order valence-electron chi connectivity index (χ3n) is 7.73. The van der Waals surface area contributed by atoms with Crippen LogP contribution in [0.3, 0.4) is 0 Å². The van der Waals surface area contributed by atoms with Gasteiger partial charge < -0.3 is 15.2 Å². The highest BCUT2D eigenvalue weighted by molar-refractivity contribution is 5.84. The Balaban J connectivity index is 1.27. The lowest BCUT2D eigenvalue weighted by Gasteiger charge is -2.55. The molecule has 1 amide bonds. The molecule has 2 aromatic rings. The minimum Gasteiger partial charge on any atom is -0.489 e. The van der Waals surface area contributed by atoms with Crippen LogP contribution in [0.5, 0.6) is 5.75 Å². The van der Waals surface area contributed by atoms with E-state index in [0.717, 1.165) is 36.1 Å². The predicted octanol–water partition coefficient (Wildman–Crippen LogP) is 5.11. The fourth-order valence-electron chi connectivity index (χ4n) is 6.66. The summed E-state index contributed by atoms with van der Waals surface area (Å²) in [4.78, 5) is 25.0. The molecule has 0 unspecified atom stereocenters. The van der Waals surface area contributed by atoms with Crippen LogP contribution >= 0.6 is 0 Å². The van der Waals surface area contributed by atoms with Crippen molar-refractivity contribution >= 4 is 11.9 Å². The third kappa shape index (κ3) is 4.38. The molecule has 5 heteroatoms. The SMILES string of the molecule is O=C(O)C[C@@H](NC(=O)C12CC3CC(CC(C3)C1)C2)c1ccc(OCc2ccccc2)cc1. The molecule has 4 aliphatic rings. The summed E-state index contributed by atoms with van der Waals surface area (Å²) in [6, 6.07) is 16.9. The van der Waals surface area contributed by atoms with Crippen LogP contribution in [0.4, 0.5) is 0 Å². The van der Waals surface area contributed by atoms with Crippen molar-refractivity contribution < 1.29 is 19.4 Å². The Labute approximate surface area is 189 Å². The summed E-state index contributed by atoms with van der Waals surface area (Å²) in [6.07, 6.45) is 6.60. The van der Waals surface area contributed by atoms with Crippen LogP contribution in [0.1, 0.15) is 62.1 Å². The molecule has 6 rings (SSSR count). The zero-order valence-corrected chi connectivity index (χ0v) is 18.3. The van der Waals surface area contributed by atoms with E-state index in [9.17, 15) is 14.7 Å². The second kappa shape index (κ2) is 8.61. The van der Waals surface area contributed by atoms with E-state index in [4.69, 9.17) is 4.74 Å². The predicted molar refractivity (Wildman–Crippen MR) is 121 cm³/mol. The second-order valence-corrected chi connectivity index (χ2v) is 10.2. The van der Waals surface area contributed by atoms with Gasteiger partial charge in [0.05, 0.1) is 12.5 Å². The highest BCUT2D eigenvalue weighted by Crippen LogP contribution is 2.60. The number of benzene rings is 2. The average Bonchev–Trinajstić information content (AvgIpc) is 2.77. The Hall–Kier alpha value is -2.82. The minimum atomic E-state index is -0.912. The van der Waals surface area contributed by atoms with E-state index in [1.165, 1.54) is 19.3 Å². The number of carbonyl (C=O) groups is 2. The lowest BCUT2D eigenvalue weighted by molar-refractivity contribution is -0.147. The van der Waals surface area contributed by atoms with Crippen LogP contribution in [-0.4, -0.2) is 17.0 Å². The lowest BCUT2D eigenvalue weighted by atomic mass is 9.49. The second-order valence-electron chi connectivity index (χ2n) is 10.2. The summed E-state index contributed by atoms with van der Waals surface area (Å²) in [5.41, 5.74) is 1.60. The van der Waals surface area contributed by atoms with E-state index in [2.05, 4.69) is 5.32 Å². The molecule has 32 heavy (non-hydrogen) atoms. The molecule has 0 radical (unpaired) electrons. The largest absolute Gasteiger partial charge is 0.489 e. The van der Waals surface area contributed by atoms with Crippen LogP contribution in [0, 0.1) is 23.2 Å². The molecule has 4 aliphatic carbocycles. The van der Waals surface area contributed by atoms with Gasteiger partial charge >= 0.3 is 5.97 Å². The Morgan fingerprint density at radius 3 is 2.09 bits per heavy atom. The summed E-state index contributed by atoms with van der Waals surface area (Å²) >= 11 is 0. The minimum absolute atomic E-state index is 0.0623. The molecule has 4 fully saturated rings. The number of hydrogen-bond donors (Lipinski definition) is 2. The quantitative estimate of drug-likeness (QED) is 0.606. The summed E-state index contributed by atoms with van der Waals surface area (Å²) in [7, 11) is 0. The molecule has 5 nitrogen and oxygen atoms in total. The number of amides is 1. The Morgan fingerprint density at radius 1 is 0.938 bits per heavy atom. The first-order valence-corrected chi connectivity index (χ1v) is 11.8. The number of rotatable bonds is 8. The van der Waals surface area contributed by atoms with Gasteiger partial charge in [0.15, 0.2) is 0 Å². The molecule has 0 spiro atoms. The van der Waals surface area contributed by atoms with Gasteiger partial charge in [-0.1, -0.05) is 42.5 Å². The smallest absolute Gasteiger partial charge is 0.305 e. The van der Waals surface area contributed by atoms with Gasteiger partial charge in [-0.25, -0.2) is 0 Å². The highest BCUT2D eigenvalue weighted by Gasteiger charge is 2.54. The normalized spacial score (nSPS) is 28.8. The molecule has 2 aromatic carbocycles. The number of carboxylic acid groups (broad SMARTS) is 1. The monoisotopic (exact) mass is 433 g/mol. The van der Waals surface area contributed by atoms with Gasteiger partial charge in [0.2, 0.25) is 5.91 Å². The molecule has 4 saturated carbocycles. The molecule has 1 atom stereocenters. The summed E-state index contributed by atoms with van der Waals surface area (Å²) in [5.74, 6) is 1.89. The standard InChI is InChI=1S/C27H31NO4/c29-25(30)13-24(22-6-8-23(9-7-22)32-17-18-4-2-1-3-5-18)28-26(31)27-14-19-10-20(15-27)12-21(11-19)16-27/h1-9,19-21,24H,10-17H2,(H,28,31)(H,29,30)/t19?,20?,21?,24-,27?/m1/s1. The van der Waals surface area contributed by atoms with Crippen molar-refractivity contribution in [2.75, 3.05) is 0 Å². The van der Waals surface area contributed by atoms with Gasteiger partial charge in [-0.2, -0.15) is 0 Å². The van der Waals surface area contributed by atoms with Crippen LogP contribution in [0.2, 0.25) is 0 Å². The van der Waals surface area contributed by atoms with Crippen LogP contribution in [0.25, 0.3) is 0 Å². The Kier molecular flexibility index (Phi) is 5.66. The van der Waals surface area contributed by atoms with Gasteiger partial charge in [0.25, 0.3) is 0 Å². The average molecular weight is 434 g/mol. The van der Waals surface area contributed by atoms with Gasteiger partial charge in [0.1, 0.15) is 12.4 Å². The van der Waals surface area contributed by atoms with E-state index >= 15 is 0 Å². The van der Waals surface area contributed by atoms with E-state index in [0.29, 0.717) is 24.4 Å². The first-order chi connectivity index (χ1) is 15.5. The van der Waals surface area contributed by atoms with E-state index in [-0.39, 0.29) is 17.7 Å². The number of ether oxygens (including phenoxy) is 1. The van der Waals surface area contributed by atoms with Crippen molar-refractivity contribution in [2.45, 2.75) is 57.6 Å². The van der Waals surface area contributed by atoms with E-state index in [1.807, 2.05) is 54.6 Å². The van der Waals surface area contributed by atoms with Crippen LogP contribution in [-0.2, 0) is 16.2 Å². The molecule has 168 valence electrons. The molecule has 0 heterocycles. The number of nitrogens with one attached hydrogen (secondary N) is 1. The summed E-state index contributed by atoms with van der Waals surface area (Å²) in [6.45, 7) is 0.474. The fraction of sp³-hybridized carbons (Fsp3) is 0.481. The highest BCUT2D eigenvalue weighted by atomic mass is 16.5. The van der Waals surface area contributed by atoms with E-state index < -0.39 is 12.0 Å². The number of carbonyl (C=O) groups excluding carboxylic acids is 1. The van der Waals surface area contributed by atoms with Crippen LogP contribution < -0.4 is 10.1 Å². The molecular weight excluding hydrogens is 402 g/mol. The number of carboxylic acids is 1. The topological polar surface area (TPSA) is 75.6 Å². The zero-order chi connectivity index (χ0) is 22.1. The maximum absolute atomic E-state index is 13.5. The van der Waals surface area contributed by atoms with Crippen LogP contribution in [0.15, 0.2) is 54.6 Å². The molecule has 2 N–H and O–H groups in total. The fourth-order valence-corrected chi connectivity index (χ4v) is 6.66. The summed E-state index contributed by atoms with van der Waals surface area (Å²) < 4.78 is 5.85. The van der Waals surface area contributed by atoms with Crippen molar-refractivity contribution in [2.24, 2.45) is 23.2 Å². The van der Waals surface area contributed by atoms with Gasteiger partial charge in [0, 0.05) is 5.41 Å². The Bertz CT molecular complexity index is 934. The Morgan fingerprint density at radius 2 is 1.53 bits per heavy atom. The first-order valence-electron chi connectivity index (χ1n) is 11.8. The maximum Gasteiger partial charge on any atom is 0.305 e. The maximum atomic E-state index is 13.5. The molecule has 0 saturated heterocycles. The van der Waals surface area contributed by atoms with Crippen molar-refractivity contribution in [1.29, 1.82) is 0 Å². The third-order valence-corrected chi connectivity index (χ3v) is 7.73. The summed E-state index contributed by atoms with van der Waals surface area (Å²) in [5, 5.41) is 12.6. The molecule has 0 aliphatic heterocycles. The molecule has 0 aromatic heterocycles. The van der Waals surface area contributed by atoms with Crippen molar-refractivity contribution in [3.8, 4) is 5.75 Å². The lowest BCUT2D eigenvalue weighted by Crippen LogP contribution is -2.54. The number of hydrogen-bond acceptors (Lipinski definition) is 3. The first kappa shape index (κ1) is 21.0. The zero-order valence-electron chi connectivity index (χ0n) is 18.3. The van der Waals surface area contributed by atoms with Gasteiger partial charge in [-0.15, -0.1) is 0 Å². The van der Waals surface area contributed by atoms with Gasteiger partial charge in [-0.05, 0) is 79.5 Å².